The molecule has 4 nitrogen and oxygen atoms in total. The molecule has 0 aromatic carbocycles. The van der Waals surface area contributed by atoms with Gasteiger partial charge in [0.2, 0.25) is 0 Å². The van der Waals surface area contributed by atoms with E-state index in [-0.39, 0.29) is 16.1 Å². The van der Waals surface area contributed by atoms with Crippen LogP contribution in [0.4, 0.5) is 0 Å². The minimum atomic E-state index is -2.46. The summed E-state index contributed by atoms with van der Waals surface area (Å²) in [6.07, 6.45) is 6.38. The molecule has 0 fully saturated rings. The number of unbranched alkanes of at least 4 members (excludes halogenated alkanes) is 2. The second-order valence-electron chi connectivity index (χ2n) is 7.54. The highest BCUT2D eigenvalue weighted by atomic mass is 28.4. The van der Waals surface area contributed by atoms with E-state index in [0.29, 0.717) is 0 Å². The van der Waals surface area contributed by atoms with Gasteiger partial charge in [-0.3, -0.25) is 0 Å². The molecule has 0 saturated heterocycles. The minimum Gasteiger partial charge on any atom is -0.515 e. The van der Waals surface area contributed by atoms with E-state index >= 15 is 0 Å². The highest BCUT2D eigenvalue weighted by molar-refractivity contribution is 6.80. The smallest absolute Gasteiger partial charge is 0.328 e. The van der Waals surface area contributed by atoms with Gasteiger partial charge >= 0.3 is 11.9 Å². The Hall–Kier alpha value is -1.10. The van der Waals surface area contributed by atoms with E-state index < -0.39 is 20.3 Å². The summed E-state index contributed by atoms with van der Waals surface area (Å²) in [6.45, 7) is 15.1. The molecule has 0 saturated carbocycles. The quantitative estimate of drug-likeness (QED) is 0.332. The standard InChI is InChI=1S/C18H34O4Si/c1-8-9-10-13-18(6,7)23(14(2)3,15(4)5)22-17(21)12-11-16(19)20/h11-12,14-15H,8-10,13H2,1-7H3,(H,19,20)/b12-11+. The number of carbonyl (C=O) groups excluding carboxylic acids is 1. The molecular formula is C18H34O4Si. The van der Waals surface area contributed by atoms with Gasteiger partial charge in [0.25, 0.3) is 8.32 Å². The Morgan fingerprint density at radius 1 is 1.09 bits per heavy atom. The molecule has 0 radical (unpaired) electrons. The fraction of sp³-hybridized carbons (Fsp3) is 0.778. The molecule has 5 heteroatoms. The van der Waals surface area contributed by atoms with Crippen molar-refractivity contribution in [2.45, 2.75) is 90.3 Å². The monoisotopic (exact) mass is 342 g/mol. The summed E-state index contributed by atoms with van der Waals surface area (Å²) in [5.41, 5.74) is 0.530. The van der Waals surface area contributed by atoms with E-state index in [9.17, 15) is 9.59 Å². The number of carbonyl (C=O) groups is 2. The zero-order valence-corrected chi connectivity index (χ0v) is 16.8. The van der Waals surface area contributed by atoms with Crippen molar-refractivity contribution in [3.05, 3.63) is 12.2 Å². The van der Waals surface area contributed by atoms with Crippen molar-refractivity contribution in [1.82, 2.24) is 0 Å². The maximum absolute atomic E-state index is 12.2. The molecule has 0 aliphatic carbocycles. The molecule has 0 bridgehead atoms. The van der Waals surface area contributed by atoms with Gasteiger partial charge in [0.15, 0.2) is 0 Å². The average molecular weight is 343 g/mol. The minimum absolute atomic E-state index is 0.0583. The van der Waals surface area contributed by atoms with Gasteiger partial charge in [-0.25, -0.2) is 9.59 Å². The van der Waals surface area contributed by atoms with Gasteiger partial charge in [0, 0.05) is 12.2 Å². The lowest BCUT2D eigenvalue weighted by Gasteiger charge is -2.49. The molecule has 0 heterocycles. The number of aliphatic carboxylic acids is 1. The maximum atomic E-state index is 12.2. The molecule has 0 spiro atoms. The number of hydrogen-bond acceptors (Lipinski definition) is 3. The van der Waals surface area contributed by atoms with Gasteiger partial charge in [0.05, 0.1) is 0 Å². The fourth-order valence-corrected chi connectivity index (χ4v) is 10.1. The fourth-order valence-electron chi connectivity index (χ4n) is 3.96. The number of rotatable bonds is 10. The SMILES string of the molecule is CCCCCC(C)(C)[Si](OC(=O)/C=C/C(=O)O)(C(C)C)C(C)C. The Kier molecular flexibility index (Phi) is 8.81. The van der Waals surface area contributed by atoms with Crippen molar-refractivity contribution in [2.24, 2.45) is 0 Å². The zero-order chi connectivity index (χ0) is 18.3. The van der Waals surface area contributed by atoms with Gasteiger partial charge in [-0.15, -0.1) is 0 Å². The Balaban J connectivity index is 5.55. The predicted molar refractivity (Wildman–Crippen MR) is 97.0 cm³/mol. The molecule has 0 amide bonds. The molecule has 0 aromatic heterocycles. The van der Waals surface area contributed by atoms with Crippen LogP contribution in [0.1, 0.15) is 74.1 Å². The summed E-state index contributed by atoms with van der Waals surface area (Å²) in [5, 5.41) is 8.64. The molecule has 23 heavy (non-hydrogen) atoms. The Morgan fingerprint density at radius 3 is 2.00 bits per heavy atom. The molecule has 0 aliphatic rings. The van der Waals surface area contributed by atoms with Crippen LogP contribution in [-0.4, -0.2) is 25.4 Å². The second-order valence-corrected chi connectivity index (χ2v) is 13.0. The summed E-state index contributed by atoms with van der Waals surface area (Å²) in [7, 11) is -2.46. The molecule has 0 atom stereocenters. The van der Waals surface area contributed by atoms with E-state index in [2.05, 4.69) is 48.5 Å². The summed E-state index contributed by atoms with van der Waals surface area (Å²) < 4.78 is 6.06. The van der Waals surface area contributed by atoms with E-state index in [1.165, 1.54) is 6.42 Å². The van der Waals surface area contributed by atoms with Gasteiger partial charge in [-0.2, -0.15) is 0 Å². The summed E-state index contributed by atoms with van der Waals surface area (Å²) in [6, 6.07) is 0. The van der Waals surface area contributed by atoms with Crippen LogP contribution in [0.3, 0.4) is 0 Å². The highest BCUT2D eigenvalue weighted by Gasteiger charge is 2.56. The van der Waals surface area contributed by atoms with Crippen LogP contribution in [0.15, 0.2) is 12.2 Å². The Morgan fingerprint density at radius 2 is 1.61 bits per heavy atom. The van der Waals surface area contributed by atoms with E-state index in [4.69, 9.17) is 9.53 Å². The first kappa shape index (κ1) is 21.9. The molecule has 0 aromatic rings. The third-order valence-electron chi connectivity index (χ3n) is 4.81. The van der Waals surface area contributed by atoms with Crippen molar-refractivity contribution >= 4 is 20.3 Å². The molecule has 1 N–H and O–H groups in total. The van der Waals surface area contributed by atoms with Crippen molar-refractivity contribution in [3.8, 4) is 0 Å². The van der Waals surface area contributed by atoms with Crippen molar-refractivity contribution in [1.29, 1.82) is 0 Å². The van der Waals surface area contributed by atoms with Crippen molar-refractivity contribution in [3.63, 3.8) is 0 Å². The zero-order valence-electron chi connectivity index (χ0n) is 15.8. The van der Waals surface area contributed by atoms with Crippen molar-refractivity contribution in [2.75, 3.05) is 0 Å². The van der Waals surface area contributed by atoms with E-state index in [0.717, 1.165) is 31.4 Å². The number of carboxylic acid groups (broad SMARTS) is 1. The lowest BCUT2D eigenvalue weighted by molar-refractivity contribution is -0.133. The first-order chi connectivity index (χ1) is 10.5. The van der Waals surface area contributed by atoms with E-state index in [1.807, 2.05) is 0 Å². The maximum Gasteiger partial charge on any atom is 0.328 e. The molecule has 0 aliphatic heterocycles. The van der Waals surface area contributed by atoms with Crippen molar-refractivity contribution < 1.29 is 19.1 Å². The van der Waals surface area contributed by atoms with Crippen LogP contribution < -0.4 is 0 Å². The number of hydrogen-bond donors (Lipinski definition) is 1. The third-order valence-corrected chi connectivity index (χ3v) is 11.1. The predicted octanol–water partition coefficient (Wildman–Crippen LogP) is 5.30. The number of carboxylic acids is 1. The first-order valence-electron chi connectivity index (χ1n) is 8.65. The lowest BCUT2D eigenvalue weighted by atomic mass is 10.0. The van der Waals surface area contributed by atoms with Crippen LogP contribution in [0.5, 0.6) is 0 Å². The second kappa shape index (κ2) is 9.26. The van der Waals surface area contributed by atoms with Gasteiger partial charge in [-0.05, 0) is 22.5 Å². The third kappa shape index (κ3) is 5.79. The van der Waals surface area contributed by atoms with E-state index in [1.54, 1.807) is 0 Å². The first-order valence-corrected chi connectivity index (χ1v) is 10.7. The van der Waals surface area contributed by atoms with Crippen LogP contribution in [-0.2, 0) is 14.0 Å². The Labute approximate surface area is 142 Å². The normalized spacial score (nSPS) is 13.1. The topological polar surface area (TPSA) is 63.6 Å². The molecular weight excluding hydrogens is 308 g/mol. The molecule has 0 unspecified atom stereocenters. The largest absolute Gasteiger partial charge is 0.515 e. The van der Waals surface area contributed by atoms with Crippen LogP contribution in [0, 0.1) is 0 Å². The van der Waals surface area contributed by atoms with Gasteiger partial charge in [-0.1, -0.05) is 67.7 Å². The van der Waals surface area contributed by atoms with Crippen LogP contribution >= 0.6 is 0 Å². The summed E-state index contributed by atoms with van der Waals surface area (Å²) in [5.74, 6) is -1.66. The molecule has 134 valence electrons. The van der Waals surface area contributed by atoms with Gasteiger partial charge in [0.1, 0.15) is 0 Å². The summed E-state index contributed by atoms with van der Waals surface area (Å²) >= 11 is 0. The lowest BCUT2D eigenvalue weighted by Crippen LogP contribution is -2.54. The highest BCUT2D eigenvalue weighted by Crippen LogP contribution is 2.54. The van der Waals surface area contributed by atoms with Crippen LogP contribution in [0.25, 0.3) is 0 Å². The summed E-state index contributed by atoms with van der Waals surface area (Å²) in [4.78, 5) is 22.8. The Bertz CT molecular complexity index is 417. The van der Waals surface area contributed by atoms with Gasteiger partial charge < -0.3 is 9.53 Å². The van der Waals surface area contributed by atoms with Crippen LogP contribution in [0.2, 0.25) is 16.1 Å². The molecule has 0 rings (SSSR count). The average Bonchev–Trinajstić information content (AvgIpc) is 2.41.